The molecule has 0 bridgehead atoms. The molecule has 1 aromatic carbocycles. The maximum atomic E-state index is 10.5. The molecule has 0 saturated carbocycles. The second-order valence-corrected chi connectivity index (χ2v) is 3.54. The molecule has 0 fully saturated rings. The lowest BCUT2D eigenvalue weighted by molar-refractivity contribution is -0.130. The van der Waals surface area contributed by atoms with Crippen LogP contribution in [0.15, 0.2) is 30.8 Å². The van der Waals surface area contributed by atoms with Crippen molar-refractivity contribution in [2.75, 3.05) is 0 Å². The van der Waals surface area contributed by atoms with Crippen LogP contribution in [0.25, 0.3) is 5.57 Å². The Morgan fingerprint density at radius 1 is 1.33 bits per heavy atom. The third-order valence-corrected chi connectivity index (χ3v) is 2.17. The fraction of sp³-hybridized carbons (Fsp3) is 0. The van der Waals surface area contributed by atoms with Crippen LogP contribution in [-0.4, -0.2) is 11.1 Å². The first kappa shape index (κ1) is 9.25. The largest absolute Gasteiger partial charge is 0.478 e. The predicted octanol–water partition coefficient (Wildman–Crippen LogP) is 2.39. The van der Waals surface area contributed by atoms with Crippen LogP contribution in [0.4, 0.5) is 0 Å². The zero-order valence-electron chi connectivity index (χ0n) is 6.25. The molecule has 0 spiro atoms. The molecular formula is C9H7IO2. The number of rotatable bonds is 2. The molecule has 3 heteroatoms. The van der Waals surface area contributed by atoms with E-state index < -0.39 is 5.97 Å². The topological polar surface area (TPSA) is 37.3 Å². The monoisotopic (exact) mass is 274 g/mol. The van der Waals surface area contributed by atoms with Gasteiger partial charge in [0, 0.05) is 3.57 Å². The van der Waals surface area contributed by atoms with Gasteiger partial charge in [0.05, 0.1) is 5.57 Å². The highest BCUT2D eigenvalue weighted by Gasteiger charge is 2.05. The minimum Gasteiger partial charge on any atom is -0.478 e. The van der Waals surface area contributed by atoms with Crippen LogP contribution in [0, 0.1) is 3.57 Å². The maximum absolute atomic E-state index is 10.5. The summed E-state index contributed by atoms with van der Waals surface area (Å²) in [5.74, 6) is -0.976. The third-order valence-electron chi connectivity index (χ3n) is 1.45. The first-order chi connectivity index (χ1) is 5.61. The van der Waals surface area contributed by atoms with Gasteiger partial charge in [-0.3, -0.25) is 0 Å². The quantitative estimate of drug-likeness (QED) is 0.664. The van der Waals surface area contributed by atoms with E-state index >= 15 is 0 Å². The van der Waals surface area contributed by atoms with E-state index in [0.717, 1.165) is 3.57 Å². The molecule has 0 aliphatic rings. The summed E-state index contributed by atoms with van der Waals surface area (Å²) in [5.41, 5.74) is 0.786. The van der Waals surface area contributed by atoms with Crippen molar-refractivity contribution >= 4 is 34.1 Å². The average Bonchev–Trinajstić information content (AvgIpc) is 2.04. The van der Waals surface area contributed by atoms with Crippen molar-refractivity contribution in [1.29, 1.82) is 0 Å². The smallest absolute Gasteiger partial charge is 0.335 e. The maximum Gasteiger partial charge on any atom is 0.335 e. The van der Waals surface area contributed by atoms with Crippen molar-refractivity contribution in [3.8, 4) is 0 Å². The van der Waals surface area contributed by atoms with Gasteiger partial charge in [0.25, 0.3) is 0 Å². The second kappa shape index (κ2) is 3.71. The predicted molar refractivity (Wildman–Crippen MR) is 55.8 cm³/mol. The van der Waals surface area contributed by atoms with Crippen molar-refractivity contribution in [2.24, 2.45) is 0 Å². The Bertz CT molecular complexity index is 314. The molecule has 62 valence electrons. The minimum absolute atomic E-state index is 0.131. The highest BCUT2D eigenvalue weighted by atomic mass is 127. The molecule has 2 nitrogen and oxygen atoms in total. The normalized spacial score (nSPS) is 9.42. The number of hydrogen-bond donors (Lipinski definition) is 1. The van der Waals surface area contributed by atoms with Crippen molar-refractivity contribution in [2.45, 2.75) is 0 Å². The number of carbonyl (C=O) groups is 1. The standard InChI is InChI=1S/C9H7IO2/c1-6(9(11)12)7-2-4-8(10)5-3-7/h2-5H,1H2,(H,11,12). The van der Waals surface area contributed by atoms with Crippen LogP contribution in [0.2, 0.25) is 0 Å². The van der Waals surface area contributed by atoms with E-state index in [4.69, 9.17) is 5.11 Å². The zero-order valence-corrected chi connectivity index (χ0v) is 8.41. The molecule has 0 aliphatic carbocycles. The summed E-state index contributed by atoms with van der Waals surface area (Å²) < 4.78 is 1.08. The van der Waals surface area contributed by atoms with E-state index in [-0.39, 0.29) is 5.57 Å². The van der Waals surface area contributed by atoms with Gasteiger partial charge in [0.1, 0.15) is 0 Å². The summed E-state index contributed by atoms with van der Waals surface area (Å²) in [6, 6.07) is 7.20. The Morgan fingerprint density at radius 2 is 1.83 bits per heavy atom. The van der Waals surface area contributed by atoms with Gasteiger partial charge in [0.2, 0.25) is 0 Å². The van der Waals surface area contributed by atoms with Gasteiger partial charge in [-0.25, -0.2) is 4.79 Å². The summed E-state index contributed by atoms with van der Waals surface area (Å²) in [4.78, 5) is 10.5. The zero-order chi connectivity index (χ0) is 9.14. The van der Waals surface area contributed by atoms with Gasteiger partial charge in [0.15, 0.2) is 0 Å². The number of halogens is 1. The SMILES string of the molecule is C=C(C(=O)O)c1ccc(I)cc1. The number of aliphatic carboxylic acids is 1. The molecule has 0 amide bonds. The number of carboxylic acids is 1. The Morgan fingerprint density at radius 3 is 2.25 bits per heavy atom. The fourth-order valence-electron chi connectivity index (χ4n) is 0.775. The lowest BCUT2D eigenvalue weighted by atomic mass is 10.1. The van der Waals surface area contributed by atoms with Crippen LogP contribution >= 0.6 is 22.6 Å². The molecule has 0 atom stereocenters. The van der Waals surface area contributed by atoms with Crippen LogP contribution in [0.1, 0.15) is 5.56 Å². The Hall–Kier alpha value is -0.840. The minimum atomic E-state index is -0.976. The number of carboxylic acid groups (broad SMARTS) is 1. The first-order valence-corrected chi connectivity index (χ1v) is 4.37. The van der Waals surface area contributed by atoms with Gasteiger partial charge in [-0.05, 0) is 40.3 Å². The summed E-state index contributed by atoms with van der Waals surface area (Å²) in [6.07, 6.45) is 0. The molecule has 0 heterocycles. The van der Waals surface area contributed by atoms with E-state index in [9.17, 15) is 4.79 Å². The highest BCUT2D eigenvalue weighted by Crippen LogP contribution is 2.14. The van der Waals surface area contributed by atoms with Gasteiger partial charge >= 0.3 is 5.97 Å². The van der Waals surface area contributed by atoms with E-state index in [1.54, 1.807) is 12.1 Å². The van der Waals surface area contributed by atoms with E-state index in [2.05, 4.69) is 29.2 Å². The Balaban J connectivity index is 2.98. The molecule has 1 rings (SSSR count). The summed E-state index contributed by atoms with van der Waals surface area (Å²) in [7, 11) is 0. The van der Waals surface area contributed by atoms with E-state index in [0.29, 0.717) is 5.56 Å². The van der Waals surface area contributed by atoms with Gasteiger partial charge in [-0.15, -0.1) is 0 Å². The van der Waals surface area contributed by atoms with Gasteiger partial charge in [-0.1, -0.05) is 18.7 Å². The van der Waals surface area contributed by atoms with Crippen molar-refractivity contribution < 1.29 is 9.90 Å². The van der Waals surface area contributed by atoms with Gasteiger partial charge < -0.3 is 5.11 Å². The molecule has 0 saturated heterocycles. The summed E-state index contributed by atoms with van der Waals surface area (Å²) in [6.45, 7) is 3.45. The molecule has 0 aliphatic heterocycles. The fourth-order valence-corrected chi connectivity index (χ4v) is 1.13. The molecule has 0 aromatic heterocycles. The van der Waals surface area contributed by atoms with Crippen LogP contribution in [0.5, 0.6) is 0 Å². The second-order valence-electron chi connectivity index (χ2n) is 2.29. The van der Waals surface area contributed by atoms with E-state index in [1.807, 2.05) is 12.1 Å². The number of hydrogen-bond acceptors (Lipinski definition) is 1. The van der Waals surface area contributed by atoms with Crippen LogP contribution in [0.3, 0.4) is 0 Å². The highest BCUT2D eigenvalue weighted by molar-refractivity contribution is 14.1. The lowest BCUT2D eigenvalue weighted by Gasteiger charge is -1.99. The van der Waals surface area contributed by atoms with Crippen LogP contribution < -0.4 is 0 Å². The molecule has 1 N–H and O–H groups in total. The first-order valence-electron chi connectivity index (χ1n) is 3.29. The summed E-state index contributed by atoms with van der Waals surface area (Å²) >= 11 is 2.16. The van der Waals surface area contributed by atoms with E-state index in [1.165, 1.54) is 0 Å². The van der Waals surface area contributed by atoms with Gasteiger partial charge in [-0.2, -0.15) is 0 Å². The molecule has 12 heavy (non-hydrogen) atoms. The average molecular weight is 274 g/mol. The molecular weight excluding hydrogens is 267 g/mol. The Kier molecular flexibility index (Phi) is 2.86. The Labute approximate surface area is 84.1 Å². The van der Waals surface area contributed by atoms with Crippen LogP contribution in [-0.2, 0) is 4.79 Å². The molecule has 0 unspecified atom stereocenters. The summed E-state index contributed by atoms with van der Waals surface area (Å²) in [5, 5.41) is 8.60. The third kappa shape index (κ3) is 2.07. The van der Waals surface area contributed by atoms with Crippen molar-refractivity contribution in [1.82, 2.24) is 0 Å². The van der Waals surface area contributed by atoms with Crippen molar-refractivity contribution in [3.05, 3.63) is 40.0 Å². The molecule has 0 radical (unpaired) electrons. The van der Waals surface area contributed by atoms with Crippen molar-refractivity contribution in [3.63, 3.8) is 0 Å². The number of benzene rings is 1. The lowest BCUT2D eigenvalue weighted by Crippen LogP contribution is -1.97. The molecule has 1 aromatic rings.